The molecular formula is C26H40F2N2. The molecule has 1 fully saturated rings. The molecule has 1 heterocycles. The van der Waals surface area contributed by atoms with E-state index in [0.29, 0.717) is 5.92 Å². The number of allylic oxidation sites excluding steroid dienone is 2. The smallest absolute Gasteiger partial charge is 0.270 e. The number of alkyl halides is 2. The van der Waals surface area contributed by atoms with Crippen molar-refractivity contribution in [2.24, 2.45) is 11.7 Å². The van der Waals surface area contributed by atoms with Gasteiger partial charge in [0.2, 0.25) is 0 Å². The molecule has 2 nitrogen and oxygen atoms in total. The van der Waals surface area contributed by atoms with Gasteiger partial charge in [0, 0.05) is 24.1 Å². The maximum absolute atomic E-state index is 13.6. The van der Waals surface area contributed by atoms with Crippen molar-refractivity contribution in [1.82, 2.24) is 4.90 Å². The Kier molecular flexibility index (Phi) is 8.41. The van der Waals surface area contributed by atoms with E-state index < -0.39 is 11.5 Å². The van der Waals surface area contributed by atoms with E-state index >= 15 is 0 Å². The lowest BCUT2D eigenvalue weighted by atomic mass is 9.83. The average Bonchev–Trinajstić information content (AvgIpc) is 2.67. The normalized spacial score (nSPS) is 19.2. The molecule has 0 aromatic heterocycles. The summed E-state index contributed by atoms with van der Waals surface area (Å²) in [5, 5.41) is 0. The average molecular weight is 419 g/mol. The quantitative estimate of drug-likeness (QED) is 0.449. The van der Waals surface area contributed by atoms with Crippen LogP contribution < -0.4 is 5.73 Å². The molecule has 168 valence electrons. The Hall–Kier alpha value is -1.52. The van der Waals surface area contributed by atoms with Gasteiger partial charge < -0.3 is 5.73 Å². The number of nitrogens with two attached hydrogens (primary N) is 1. The molecule has 4 heteroatoms. The Labute approximate surface area is 182 Å². The molecule has 0 aliphatic carbocycles. The number of halogens is 2. The van der Waals surface area contributed by atoms with Crippen LogP contribution in [0, 0.1) is 5.92 Å². The molecule has 2 atom stereocenters. The van der Waals surface area contributed by atoms with Crippen LogP contribution in [-0.4, -0.2) is 24.0 Å². The van der Waals surface area contributed by atoms with Crippen LogP contribution in [0.4, 0.5) is 8.78 Å². The number of likely N-dealkylation sites (tertiary alicyclic amines) is 1. The lowest BCUT2D eigenvalue weighted by molar-refractivity contribution is 0.0174. The highest BCUT2D eigenvalue weighted by Crippen LogP contribution is 2.33. The predicted octanol–water partition coefficient (Wildman–Crippen LogP) is 6.77. The van der Waals surface area contributed by atoms with Gasteiger partial charge >= 0.3 is 0 Å². The number of hydrogen-bond donors (Lipinski definition) is 1. The highest BCUT2D eigenvalue weighted by Gasteiger charge is 2.32. The highest BCUT2D eigenvalue weighted by molar-refractivity contribution is 5.30. The molecule has 0 amide bonds. The molecule has 0 radical (unpaired) electrons. The molecule has 2 unspecified atom stereocenters. The van der Waals surface area contributed by atoms with Crippen LogP contribution in [-0.2, 0) is 11.5 Å². The zero-order valence-corrected chi connectivity index (χ0v) is 19.5. The Morgan fingerprint density at radius 1 is 1.17 bits per heavy atom. The first-order valence-electron chi connectivity index (χ1n) is 11.3. The topological polar surface area (TPSA) is 29.3 Å². The van der Waals surface area contributed by atoms with Gasteiger partial charge in [0.15, 0.2) is 0 Å². The molecule has 0 spiro atoms. The third-order valence-corrected chi connectivity index (χ3v) is 6.36. The second-order valence-corrected chi connectivity index (χ2v) is 9.62. The van der Waals surface area contributed by atoms with Crippen molar-refractivity contribution in [2.45, 2.75) is 84.2 Å². The molecule has 2 rings (SSSR count). The summed E-state index contributed by atoms with van der Waals surface area (Å²) < 4.78 is 27.1. The van der Waals surface area contributed by atoms with Gasteiger partial charge in [-0.3, -0.25) is 4.90 Å². The van der Waals surface area contributed by atoms with Gasteiger partial charge in [0.25, 0.3) is 5.92 Å². The van der Waals surface area contributed by atoms with E-state index in [4.69, 9.17) is 5.73 Å². The van der Waals surface area contributed by atoms with Crippen molar-refractivity contribution >= 4 is 0 Å². The Morgan fingerprint density at radius 3 is 2.17 bits per heavy atom. The van der Waals surface area contributed by atoms with Crippen molar-refractivity contribution in [1.29, 1.82) is 0 Å². The number of piperidine rings is 1. The molecule has 1 aromatic rings. The lowest BCUT2D eigenvalue weighted by Crippen LogP contribution is -2.46. The Balaban J connectivity index is 2.12. The van der Waals surface area contributed by atoms with E-state index in [1.54, 1.807) is 12.1 Å². The Morgan fingerprint density at radius 2 is 1.70 bits per heavy atom. The minimum absolute atomic E-state index is 0.0253. The van der Waals surface area contributed by atoms with Crippen molar-refractivity contribution in [3.8, 4) is 0 Å². The van der Waals surface area contributed by atoms with Gasteiger partial charge in [0.1, 0.15) is 0 Å². The first kappa shape index (κ1) is 24.7. The van der Waals surface area contributed by atoms with Gasteiger partial charge in [0.05, 0.1) is 0 Å². The van der Waals surface area contributed by atoms with Crippen molar-refractivity contribution in [3.63, 3.8) is 0 Å². The fourth-order valence-electron chi connectivity index (χ4n) is 4.54. The highest BCUT2D eigenvalue weighted by atomic mass is 19.3. The molecule has 0 saturated carbocycles. The zero-order chi connectivity index (χ0) is 22.5. The van der Waals surface area contributed by atoms with E-state index in [-0.39, 0.29) is 11.6 Å². The summed E-state index contributed by atoms with van der Waals surface area (Å²) >= 11 is 0. The molecule has 2 N–H and O–H groups in total. The summed E-state index contributed by atoms with van der Waals surface area (Å²) in [5.74, 6) is -2.21. The van der Waals surface area contributed by atoms with Crippen molar-refractivity contribution in [3.05, 3.63) is 59.2 Å². The molecule has 30 heavy (non-hydrogen) atoms. The summed E-state index contributed by atoms with van der Waals surface area (Å²) in [4.78, 5) is 2.53. The first-order chi connectivity index (χ1) is 13.9. The van der Waals surface area contributed by atoms with Gasteiger partial charge in [-0.05, 0) is 71.0 Å². The predicted molar refractivity (Wildman–Crippen MR) is 124 cm³/mol. The maximum atomic E-state index is 13.6. The van der Waals surface area contributed by atoms with Crippen LogP contribution in [0.3, 0.4) is 0 Å². The fourth-order valence-corrected chi connectivity index (χ4v) is 4.54. The molecule has 1 aliphatic rings. The van der Waals surface area contributed by atoms with E-state index in [1.165, 1.54) is 23.3 Å². The van der Waals surface area contributed by atoms with Crippen LogP contribution in [0.15, 0.2) is 48.1 Å². The molecule has 0 bridgehead atoms. The molecule has 1 saturated heterocycles. The largest absolute Gasteiger partial charge is 0.322 e. The van der Waals surface area contributed by atoms with E-state index in [2.05, 4.69) is 38.3 Å². The Bertz CT molecular complexity index is 716. The minimum atomic E-state index is -2.83. The summed E-state index contributed by atoms with van der Waals surface area (Å²) in [5.41, 5.74) is 9.73. The number of rotatable bonds is 9. The SMILES string of the molecule is C=C(CCC)C1CCN(C(C=C(C)C)CC(C)(N)c2ccc(C(C)(F)F)cc2)CC1. The molecular weight excluding hydrogens is 378 g/mol. The maximum Gasteiger partial charge on any atom is 0.270 e. The van der Waals surface area contributed by atoms with E-state index in [0.717, 1.165) is 57.7 Å². The van der Waals surface area contributed by atoms with Crippen LogP contribution >= 0.6 is 0 Å². The second kappa shape index (κ2) is 10.2. The summed E-state index contributed by atoms with van der Waals surface area (Å²) in [6.45, 7) is 15.8. The molecule has 1 aliphatic heterocycles. The standard InChI is InChI=1S/C26H40F2N2/c1-7-8-20(4)21-13-15-30(16-14-21)24(17-19(2)3)18-25(5,29)22-9-11-23(12-10-22)26(6,27)28/h9-12,17,21,24H,4,7-8,13-16,18,29H2,1-3,5-6H3. The van der Waals surface area contributed by atoms with Gasteiger partial charge in [-0.2, -0.15) is 0 Å². The third-order valence-electron chi connectivity index (χ3n) is 6.36. The number of nitrogens with zero attached hydrogens (tertiary/aromatic N) is 1. The second-order valence-electron chi connectivity index (χ2n) is 9.62. The molecule has 1 aromatic carbocycles. The first-order valence-corrected chi connectivity index (χ1v) is 11.3. The van der Waals surface area contributed by atoms with Gasteiger partial charge in [-0.1, -0.05) is 61.4 Å². The van der Waals surface area contributed by atoms with E-state index in [9.17, 15) is 8.78 Å². The van der Waals surface area contributed by atoms with Gasteiger partial charge in [-0.25, -0.2) is 8.78 Å². The minimum Gasteiger partial charge on any atom is -0.322 e. The monoisotopic (exact) mass is 418 g/mol. The van der Waals surface area contributed by atoms with Crippen LogP contribution in [0.5, 0.6) is 0 Å². The number of benzene rings is 1. The zero-order valence-electron chi connectivity index (χ0n) is 19.5. The van der Waals surface area contributed by atoms with Crippen molar-refractivity contribution < 1.29 is 8.78 Å². The fraction of sp³-hybridized carbons (Fsp3) is 0.615. The summed E-state index contributed by atoms with van der Waals surface area (Å²) in [6.07, 6.45) is 7.63. The summed E-state index contributed by atoms with van der Waals surface area (Å²) in [7, 11) is 0. The van der Waals surface area contributed by atoms with Crippen LogP contribution in [0.2, 0.25) is 0 Å². The summed E-state index contributed by atoms with van der Waals surface area (Å²) in [6, 6.07) is 6.75. The van der Waals surface area contributed by atoms with E-state index in [1.807, 2.05) is 6.92 Å². The lowest BCUT2D eigenvalue weighted by Gasteiger charge is -2.40. The van der Waals surface area contributed by atoms with Crippen LogP contribution in [0.1, 0.15) is 77.8 Å². The number of hydrogen-bond acceptors (Lipinski definition) is 2. The van der Waals surface area contributed by atoms with Crippen molar-refractivity contribution in [2.75, 3.05) is 13.1 Å². The van der Waals surface area contributed by atoms with Gasteiger partial charge in [-0.15, -0.1) is 0 Å². The van der Waals surface area contributed by atoms with Crippen LogP contribution in [0.25, 0.3) is 0 Å². The third kappa shape index (κ3) is 6.75.